The molecule has 4 N–H and O–H groups in total. The minimum absolute atomic E-state index is 0.0135. The first kappa shape index (κ1) is 22.3. The van der Waals surface area contributed by atoms with E-state index in [9.17, 15) is 32.5 Å². The van der Waals surface area contributed by atoms with Gasteiger partial charge in [0.25, 0.3) is 11.6 Å². The predicted octanol–water partition coefficient (Wildman–Crippen LogP) is 3.79. The molecule has 2 fully saturated rings. The molecule has 11 heteroatoms. The summed E-state index contributed by atoms with van der Waals surface area (Å²) >= 11 is 0. The molecule has 3 rings (SSSR count). The maximum atomic E-state index is 13.9. The van der Waals surface area contributed by atoms with E-state index in [0.29, 0.717) is 18.5 Å². The van der Waals surface area contributed by atoms with Gasteiger partial charge in [-0.1, -0.05) is 0 Å². The Morgan fingerprint density at radius 2 is 1.87 bits per heavy atom. The number of nitrogen functional groups attached to an aromatic ring is 1. The third kappa shape index (κ3) is 5.00. The highest BCUT2D eigenvalue weighted by Gasteiger charge is 2.41. The third-order valence-electron chi connectivity index (χ3n) is 5.88. The summed E-state index contributed by atoms with van der Waals surface area (Å²) in [7, 11) is 0. The lowest BCUT2D eigenvalue weighted by Gasteiger charge is -2.31. The number of benzene rings is 1. The normalized spacial score (nSPS) is 27.5. The summed E-state index contributed by atoms with van der Waals surface area (Å²) in [5.41, 5.74) is 5.52. The molecule has 0 aromatic heterocycles. The van der Waals surface area contributed by atoms with Gasteiger partial charge in [-0.2, -0.15) is 13.2 Å². The molecule has 0 radical (unpaired) electrons. The van der Waals surface area contributed by atoms with E-state index >= 15 is 0 Å². The average molecular weight is 432 g/mol. The summed E-state index contributed by atoms with van der Waals surface area (Å²) in [4.78, 5) is 23.5. The number of rotatable bonds is 4. The molecular weight excluding hydrogens is 408 g/mol. The number of piperidine rings is 1. The summed E-state index contributed by atoms with van der Waals surface area (Å²) in [5, 5.41) is 17.1. The van der Waals surface area contributed by atoms with Crippen LogP contribution in [0.2, 0.25) is 0 Å². The van der Waals surface area contributed by atoms with Crippen LogP contribution >= 0.6 is 0 Å². The minimum Gasteiger partial charge on any atom is -0.393 e. The number of halogens is 4. The molecule has 2 atom stereocenters. The molecule has 1 aliphatic carbocycles. The van der Waals surface area contributed by atoms with Gasteiger partial charge in [0.15, 0.2) is 0 Å². The van der Waals surface area contributed by atoms with Gasteiger partial charge in [0.05, 0.1) is 16.4 Å². The largest absolute Gasteiger partial charge is 0.393 e. The fourth-order valence-corrected chi connectivity index (χ4v) is 4.20. The summed E-state index contributed by atoms with van der Waals surface area (Å²) in [5.74, 6) is -2.02. The Balaban J connectivity index is 1.81. The zero-order valence-corrected chi connectivity index (χ0v) is 16.2. The van der Waals surface area contributed by atoms with Crippen molar-refractivity contribution >= 4 is 17.3 Å². The Hall–Kier alpha value is -2.43. The number of carbonyl (C=O) groups excluding carboxylic acids is 1. The second-order valence-electron chi connectivity index (χ2n) is 7.95. The van der Waals surface area contributed by atoms with Crippen molar-refractivity contribution in [2.75, 3.05) is 12.3 Å². The number of alkyl halides is 4. The molecule has 30 heavy (non-hydrogen) atoms. The third-order valence-corrected chi connectivity index (χ3v) is 5.88. The molecule has 1 saturated heterocycles. The second-order valence-corrected chi connectivity index (χ2v) is 7.95. The molecular formula is C19H24F4N4O3. The molecule has 166 valence electrons. The lowest BCUT2D eigenvalue weighted by molar-refractivity contribution is -0.383. The van der Waals surface area contributed by atoms with Crippen LogP contribution < -0.4 is 16.4 Å². The predicted molar refractivity (Wildman–Crippen MR) is 102 cm³/mol. The standard InChI is InChI=1S/C19H24F4N4O3/c20-11-5-6-25-16(7-11)13-8-15(24)17(27(29)30)9-14(13)18(28)26-12-3-1-10(2-4-12)19(21,22)23/h8-12,16,25H,1-7,24H2,(H,26,28). The van der Waals surface area contributed by atoms with Crippen molar-refractivity contribution in [3.8, 4) is 0 Å². The van der Waals surface area contributed by atoms with E-state index in [1.54, 1.807) is 0 Å². The summed E-state index contributed by atoms with van der Waals surface area (Å²) < 4.78 is 52.4. The van der Waals surface area contributed by atoms with Gasteiger partial charge < -0.3 is 16.4 Å². The van der Waals surface area contributed by atoms with Gasteiger partial charge >= 0.3 is 6.18 Å². The van der Waals surface area contributed by atoms with E-state index in [2.05, 4.69) is 10.6 Å². The Morgan fingerprint density at radius 1 is 1.20 bits per heavy atom. The number of nitrogens with two attached hydrogens (primary N) is 1. The first-order chi connectivity index (χ1) is 14.1. The molecule has 1 aromatic carbocycles. The molecule has 1 aromatic rings. The van der Waals surface area contributed by atoms with E-state index in [1.165, 1.54) is 6.07 Å². The first-order valence-electron chi connectivity index (χ1n) is 9.89. The van der Waals surface area contributed by atoms with Crippen molar-refractivity contribution < 1.29 is 27.3 Å². The van der Waals surface area contributed by atoms with Crippen LogP contribution in [-0.2, 0) is 0 Å². The van der Waals surface area contributed by atoms with Crippen molar-refractivity contribution in [2.24, 2.45) is 5.92 Å². The summed E-state index contributed by atoms with van der Waals surface area (Å²) in [6, 6.07) is 1.36. The van der Waals surface area contributed by atoms with Gasteiger partial charge in [-0.25, -0.2) is 4.39 Å². The molecule has 2 unspecified atom stereocenters. The fourth-order valence-electron chi connectivity index (χ4n) is 4.20. The number of nitro benzene ring substituents is 1. The SMILES string of the molecule is Nc1cc(C2CC(F)CCN2)c(C(=O)NC2CCC(C(F)(F)F)CC2)cc1[N+](=O)[O-]. The van der Waals surface area contributed by atoms with Crippen LogP contribution in [0, 0.1) is 16.0 Å². The van der Waals surface area contributed by atoms with Crippen molar-refractivity contribution in [3.05, 3.63) is 33.4 Å². The lowest BCUT2D eigenvalue weighted by Crippen LogP contribution is -2.41. The van der Waals surface area contributed by atoms with Crippen LogP contribution in [0.4, 0.5) is 28.9 Å². The zero-order valence-electron chi connectivity index (χ0n) is 16.2. The van der Waals surface area contributed by atoms with E-state index in [0.717, 1.165) is 6.07 Å². The van der Waals surface area contributed by atoms with Crippen LogP contribution in [0.15, 0.2) is 12.1 Å². The molecule has 1 aliphatic heterocycles. The number of nitrogens with one attached hydrogen (secondary N) is 2. The number of carbonyl (C=O) groups is 1. The van der Waals surface area contributed by atoms with Gasteiger partial charge in [0.2, 0.25) is 0 Å². The van der Waals surface area contributed by atoms with Crippen LogP contribution in [-0.4, -0.2) is 35.8 Å². The van der Waals surface area contributed by atoms with Gasteiger partial charge in [-0.15, -0.1) is 0 Å². The topological polar surface area (TPSA) is 110 Å². The molecule has 1 saturated carbocycles. The molecule has 2 aliphatic rings. The first-order valence-corrected chi connectivity index (χ1v) is 9.89. The van der Waals surface area contributed by atoms with Gasteiger partial charge in [0.1, 0.15) is 11.9 Å². The number of nitro groups is 1. The number of anilines is 1. The number of hydrogen-bond acceptors (Lipinski definition) is 5. The molecule has 1 heterocycles. The Morgan fingerprint density at radius 3 is 2.43 bits per heavy atom. The van der Waals surface area contributed by atoms with Crippen molar-refractivity contribution in [1.82, 2.24) is 10.6 Å². The lowest BCUT2D eigenvalue weighted by atomic mass is 9.85. The maximum absolute atomic E-state index is 13.9. The van der Waals surface area contributed by atoms with Gasteiger partial charge in [0, 0.05) is 18.2 Å². The van der Waals surface area contributed by atoms with Crippen molar-refractivity contribution in [1.29, 1.82) is 0 Å². The van der Waals surface area contributed by atoms with Crippen LogP contribution in [0.25, 0.3) is 0 Å². The number of amides is 1. The minimum atomic E-state index is -4.25. The van der Waals surface area contributed by atoms with E-state index in [1.807, 2.05) is 0 Å². The highest BCUT2D eigenvalue weighted by molar-refractivity contribution is 5.97. The van der Waals surface area contributed by atoms with E-state index in [4.69, 9.17) is 5.73 Å². The molecule has 7 nitrogen and oxygen atoms in total. The zero-order chi connectivity index (χ0) is 22.1. The Kier molecular flexibility index (Phi) is 6.49. The van der Waals surface area contributed by atoms with Crippen LogP contribution in [0.3, 0.4) is 0 Å². The maximum Gasteiger partial charge on any atom is 0.391 e. The quantitative estimate of drug-likeness (QED) is 0.290. The average Bonchev–Trinajstić information content (AvgIpc) is 2.67. The van der Waals surface area contributed by atoms with E-state index < -0.39 is 46.9 Å². The molecule has 1 amide bonds. The number of hydrogen-bond donors (Lipinski definition) is 3. The van der Waals surface area contributed by atoms with Gasteiger partial charge in [-0.3, -0.25) is 14.9 Å². The number of nitrogens with zero attached hydrogens (tertiary/aromatic N) is 1. The van der Waals surface area contributed by atoms with Gasteiger partial charge in [-0.05, 0) is 56.7 Å². The Bertz CT molecular complexity index is 810. The summed E-state index contributed by atoms with van der Waals surface area (Å²) in [6.07, 6.45) is -4.77. The van der Waals surface area contributed by atoms with Crippen molar-refractivity contribution in [3.63, 3.8) is 0 Å². The second kappa shape index (κ2) is 8.75. The van der Waals surface area contributed by atoms with E-state index in [-0.39, 0.29) is 43.4 Å². The molecule has 0 bridgehead atoms. The Labute approximate surface area is 170 Å². The highest BCUT2D eigenvalue weighted by atomic mass is 19.4. The fraction of sp³-hybridized carbons (Fsp3) is 0.632. The summed E-state index contributed by atoms with van der Waals surface area (Å²) in [6.45, 7) is 0.380. The molecule has 0 spiro atoms. The van der Waals surface area contributed by atoms with Crippen LogP contribution in [0.5, 0.6) is 0 Å². The smallest absolute Gasteiger partial charge is 0.391 e. The van der Waals surface area contributed by atoms with Crippen molar-refractivity contribution in [2.45, 2.75) is 63.0 Å². The highest BCUT2D eigenvalue weighted by Crippen LogP contribution is 2.38. The monoisotopic (exact) mass is 432 g/mol. The van der Waals surface area contributed by atoms with Crippen LogP contribution in [0.1, 0.15) is 60.5 Å².